The van der Waals surface area contributed by atoms with Crippen molar-refractivity contribution in [2.45, 2.75) is 18.9 Å². The number of carbonyl (C=O) groups is 1. The number of rotatable bonds is 4. The molecular formula is C19H18FN5O2. The lowest BCUT2D eigenvalue weighted by Crippen LogP contribution is -2.42. The normalized spacial score (nSPS) is 14.9. The molecular weight excluding hydrogens is 349 g/mol. The van der Waals surface area contributed by atoms with E-state index in [1.165, 1.54) is 12.1 Å². The van der Waals surface area contributed by atoms with Gasteiger partial charge in [-0.2, -0.15) is 5.10 Å². The highest BCUT2D eigenvalue weighted by molar-refractivity contribution is 5.93. The maximum Gasteiger partial charge on any atom is 0.271 e. The highest BCUT2D eigenvalue weighted by atomic mass is 19.1. The Bertz CT molecular complexity index is 905. The van der Waals surface area contributed by atoms with Gasteiger partial charge in [0.2, 0.25) is 5.88 Å². The number of aromatic amines is 1. The molecule has 138 valence electrons. The van der Waals surface area contributed by atoms with E-state index in [0.717, 1.165) is 18.4 Å². The summed E-state index contributed by atoms with van der Waals surface area (Å²) in [6.07, 6.45) is 6.23. The van der Waals surface area contributed by atoms with Crippen LogP contribution in [-0.2, 0) is 0 Å². The summed E-state index contributed by atoms with van der Waals surface area (Å²) in [5.74, 6) is 0.0887. The average molecular weight is 367 g/mol. The molecule has 3 heterocycles. The number of likely N-dealkylation sites (tertiary alicyclic amines) is 1. The van der Waals surface area contributed by atoms with Crippen molar-refractivity contribution in [1.82, 2.24) is 25.1 Å². The van der Waals surface area contributed by atoms with Gasteiger partial charge in [0.25, 0.3) is 5.91 Å². The molecule has 0 unspecified atom stereocenters. The zero-order valence-corrected chi connectivity index (χ0v) is 14.5. The first-order valence-corrected chi connectivity index (χ1v) is 8.72. The van der Waals surface area contributed by atoms with Crippen LogP contribution >= 0.6 is 0 Å². The van der Waals surface area contributed by atoms with Gasteiger partial charge >= 0.3 is 0 Å². The molecule has 8 heteroatoms. The van der Waals surface area contributed by atoms with Gasteiger partial charge in [0.05, 0.1) is 11.9 Å². The monoisotopic (exact) mass is 367 g/mol. The van der Waals surface area contributed by atoms with Gasteiger partial charge in [0, 0.05) is 43.9 Å². The first-order chi connectivity index (χ1) is 13.2. The van der Waals surface area contributed by atoms with Crippen molar-refractivity contribution < 1.29 is 13.9 Å². The summed E-state index contributed by atoms with van der Waals surface area (Å²) >= 11 is 0. The van der Waals surface area contributed by atoms with Crippen LogP contribution in [0.15, 0.2) is 48.9 Å². The van der Waals surface area contributed by atoms with E-state index in [1.807, 2.05) is 0 Å². The lowest BCUT2D eigenvalue weighted by atomic mass is 10.1. The van der Waals surface area contributed by atoms with Gasteiger partial charge in [-0.25, -0.2) is 9.37 Å². The van der Waals surface area contributed by atoms with Crippen molar-refractivity contribution in [1.29, 1.82) is 0 Å². The Kier molecular flexibility index (Phi) is 4.78. The Balaban J connectivity index is 1.36. The lowest BCUT2D eigenvalue weighted by Gasteiger charge is -2.31. The Morgan fingerprint density at radius 1 is 1.19 bits per heavy atom. The SMILES string of the molecule is O=C(c1cc(-c2ccc(F)cc2)n[nH]1)N1CCC(Oc2cnccn2)CC1. The van der Waals surface area contributed by atoms with Crippen LogP contribution in [0.3, 0.4) is 0 Å². The fraction of sp³-hybridized carbons (Fsp3) is 0.263. The van der Waals surface area contributed by atoms with Crippen LogP contribution in [-0.4, -0.2) is 50.2 Å². The number of carbonyl (C=O) groups excluding carboxylic acids is 1. The molecule has 4 rings (SSSR count). The van der Waals surface area contributed by atoms with Crippen molar-refractivity contribution >= 4 is 5.91 Å². The second kappa shape index (κ2) is 7.53. The maximum atomic E-state index is 13.0. The average Bonchev–Trinajstić information content (AvgIpc) is 3.20. The minimum absolute atomic E-state index is 0.0160. The minimum Gasteiger partial charge on any atom is -0.473 e. The molecule has 0 radical (unpaired) electrons. The molecule has 0 atom stereocenters. The molecule has 1 aromatic carbocycles. The standard InChI is InChI=1S/C19H18FN5O2/c20-14-3-1-13(2-4-14)16-11-17(24-23-16)19(26)25-9-5-15(6-10-25)27-18-12-21-7-8-22-18/h1-4,7-8,11-12,15H,5-6,9-10H2,(H,23,24). The van der Waals surface area contributed by atoms with Gasteiger partial charge in [-0.1, -0.05) is 0 Å². The molecule has 7 nitrogen and oxygen atoms in total. The van der Waals surface area contributed by atoms with Gasteiger partial charge in [-0.05, 0) is 30.3 Å². The number of aromatic nitrogens is 4. The van der Waals surface area contributed by atoms with E-state index in [-0.39, 0.29) is 17.8 Å². The van der Waals surface area contributed by atoms with Crippen molar-refractivity contribution in [2.75, 3.05) is 13.1 Å². The Hall–Kier alpha value is -3.29. The van der Waals surface area contributed by atoms with E-state index in [9.17, 15) is 9.18 Å². The zero-order chi connectivity index (χ0) is 18.6. The number of hydrogen-bond donors (Lipinski definition) is 1. The van der Waals surface area contributed by atoms with Crippen molar-refractivity contribution in [3.63, 3.8) is 0 Å². The zero-order valence-electron chi connectivity index (χ0n) is 14.5. The van der Waals surface area contributed by atoms with E-state index in [4.69, 9.17) is 4.74 Å². The lowest BCUT2D eigenvalue weighted by molar-refractivity contribution is 0.0582. The van der Waals surface area contributed by atoms with Gasteiger partial charge in [0.15, 0.2) is 0 Å². The summed E-state index contributed by atoms with van der Waals surface area (Å²) in [5.41, 5.74) is 1.78. The fourth-order valence-corrected chi connectivity index (χ4v) is 3.06. The first kappa shape index (κ1) is 17.1. The van der Waals surface area contributed by atoms with Crippen LogP contribution in [0.5, 0.6) is 5.88 Å². The van der Waals surface area contributed by atoms with Gasteiger partial charge in [-0.3, -0.25) is 14.9 Å². The summed E-state index contributed by atoms with van der Waals surface area (Å²) in [4.78, 5) is 22.6. The topological polar surface area (TPSA) is 84.0 Å². The second-order valence-corrected chi connectivity index (χ2v) is 6.33. The Morgan fingerprint density at radius 2 is 1.96 bits per heavy atom. The Labute approximate surface area is 155 Å². The number of halogens is 1. The minimum atomic E-state index is -0.308. The molecule has 1 fully saturated rings. The molecule has 1 amide bonds. The largest absolute Gasteiger partial charge is 0.473 e. The van der Waals surface area contributed by atoms with Crippen molar-refractivity contribution in [3.8, 4) is 17.1 Å². The van der Waals surface area contributed by atoms with Crippen LogP contribution in [0.1, 0.15) is 23.3 Å². The number of piperidine rings is 1. The predicted molar refractivity (Wildman–Crippen MR) is 95.6 cm³/mol. The third-order valence-corrected chi connectivity index (χ3v) is 4.50. The molecule has 3 aromatic rings. The molecule has 1 N–H and O–H groups in total. The molecule has 2 aromatic heterocycles. The number of benzene rings is 1. The van der Waals surface area contributed by atoms with Crippen LogP contribution in [0.4, 0.5) is 4.39 Å². The highest BCUT2D eigenvalue weighted by Crippen LogP contribution is 2.21. The first-order valence-electron chi connectivity index (χ1n) is 8.72. The fourth-order valence-electron chi connectivity index (χ4n) is 3.06. The number of H-pyrrole nitrogens is 1. The number of ether oxygens (including phenoxy) is 1. The second-order valence-electron chi connectivity index (χ2n) is 6.33. The molecule has 1 aliphatic heterocycles. The third-order valence-electron chi connectivity index (χ3n) is 4.50. The van der Waals surface area contributed by atoms with Crippen LogP contribution in [0, 0.1) is 5.82 Å². The summed E-state index contributed by atoms with van der Waals surface area (Å²) < 4.78 is 18.8. The van der Waals surface area contributed by atoms with Gasteiger partial charge in [-0.15, -0.1) is 0 Å². The molecule has 27 heavy (non-hydrogen) atoms. The van der Waals surface area contributed by atoms with Crippen LogP contribution in [0.25, 0.3) is 11.3 Å². The van der Waals surface area contributed by atoms with E-state index in [2.05, 4.69) is 20.2 Å². The molecule has 1 aliphatic rings. The maximum absolute atomic E-state index is 13.0. The third kappa shape index (κ3) is 3.94. The van der Waals surface area contributed by atoms with Crippen LogP contribution in [0.2, 0.25) is 0 Å². The van der Waals surface area contributed by atoms with Gasteiger partial charge < -0.3 is 9.64 Å². The number of nitrogens with zero attached hydrogens (tertiary/aromatic N) is 4. The predicted octanol–water partition coefficient (Wildman–Crippen LogP) is 2.69. The number of nitrogens with one attached hydrogen (secondary N) is 1. The summed E-state index contributed by atoms with van der Waals surface area (Å²) in [6.45, 7) is 1.18. The quantitative estimate of drug-likeness (QED) is 0.766. The van der Waals surface area contributed by atoms with E-state index in [0.29, 0.717) is 30.4 Å². The van der Waals surface area contributed by atoms with E-state index >= 15 is 0 Å². The van der Waals surface area contributed by atoms with Crippen LogP contribution < -0.4 is 4.74 Å². The molecule has 0 aliphatic carbocycles. The molecule has 0 saturated carbocycles. The molecule has 0 bridgehead atoms. The number of hydrogen-bond acceptors (Lipinski definition) is 5. The molecule has 0 spiro atoms. The summed E-state index contributed by atoms with van der Waals surface area (Å²) in [5, 5.41) is 6.95. The highest BCUT2D eigenvalue weighted by Gasteiger charge is 2.26. The summed E-state index contributed by atoms with van der Waals surface area (Å²) in [6, 6.07) is 7.70. The van der Waals surface area contributed by atoms with Crippen molar-refractivity contribution in [2.24, 2.45) is 0 Å². The number of amides is 1. The van der Waals surface area contributed by atoms with Crippen molar-refractivity contribution in [3.05, 3.63) is 60.4 Å². The molecule has 1 saturated heterocycles. The van der Waals surface area contributed by atoms with E-state index in [1.54, 1.807) is 41.7 Å². The Morgan fingerprint density at radius 3 is 2.67 bits per heavy atom. The van der Waals surface area contributed by atoms with E-state index < -0.39 is 0 Å². The summed E-state index contributed by atoms with van der Waals surface area (Å²) in [7, 11) is 0. The smallest absolute Gasteiger partial charge is 0.271 e. The van der Waals surface area contributed by atoms with Gasteiger partial charge in [0.1, 0.15) is 17.6 Å².